The third-order valence-electron chi connectivity index (χ3n) is 3.07. The van der Waals surface area contributed by atoms with E-state index in [4.69, 9.17) is 0 Å². The minimum absolute atomic E-state index is 0.185. The second kappa shape index (κ2) is 6.62. The molecule has 2 rings (SSSR count). The Morgan fingerprint density at radius 1 is 1.00 bits per heavy atom. The maximum Gasteiger partial charge on any atom is 0.261 e. The molecule has 0 aliphatic carbocycles. The Morgan fingerprint density at radius 2 is 1.59 bits per heavy atom. The number of hydrogen-bond acceptors (Lipinski definition) is 3. The Labute approximate surface area is 130 Å². The standard InChI is InChI=1S/C16H18N2O3S/c1-3-17-16(19)13-6-8-14(9-7-13)18-22(20,21)15-10-4-12(2)5-11-15/h4-11,18H,3H2,1-2H3,(H,17,19). The number of sulfonamides is 1. The molecule has 0 aliphatic heterocycles. The van der Waals surface area contributed by atoms with E-state index >= 15 is 0 Å². The van der Waals surface area contributed by atoms with Gasteiger partial charge in [-0.05, 0) is 50.2 Å². The molecule has 0 fully saturated rings. The van der Waals surface area contributed by atoms with Gasteiger partial charge >= 0.3 is 0 Å². The molecular weight excluding hydrogens is 300 g/mol. The van der Waals surface area contributed by atoms with E-state index in [9.17, 15) is 13.2 Å². The van der Waals surface area contributed by atoms with Crippen molar-refractivity contribution in [2.45, 2.75) is 18.7 Å². The van der Waals surface area contributed by atoms with Crippen LogP contribution in [0.4, 0.5) is 5.69 Å². The fraction of sp³-hybridized carbons (Fsp3) is 0.188. The first kappa shape index (κ1) is 16.0. The van der Waals surface area contributed by atoms with Crippen molar-refractivity contribution in [3.63, 3.8) is 0 Å². The van der Waals surface area contributed by atoms with Crippen LogP contribution in [0, 0.1) is 6.92 Å². The van der Waals surface area contributed by atoms with E-state index in [2.05, 4.69) is 10.0 Å². The summed E-state index contributed by atoms with van der Waals surface area (Å²) >= 11 is 0. The summed E-state index contributed by atoms with van der Waals surface area (Å²) in [7, 11) is -3.62. The van der Waals surface area contributed by atoms with E-state index in [1.807, 2.05) is 13.8 Å². The van der Waals surface area contributed by atoms with E-state index in [0.717, 1.165) is 5.56 Å². The van der Waals surface area contributed by atoms with Crippen molar-refractivity contribution in [3.05, 3.63) is 59.7 Å². The van der Waals surface area contributed by atoms with Gasteiger partial charge in [-0.2, -0.15) is 0 Å². The van der Waals surface area contributed by atoms with Crippen LogP contribution in [0.5, 0.6) is 0 Å². The van der Waals surface area contributed by atoms with Crippen LogP contribution < -0.4 is 10.0 Å². The van der Waals surface area contributed by atoms with Crippen molar-refractivity contribution in [2.75, 3.05) is 11.3 Å². The van der Waals surface area contributed by atoms with Gasteiger partial charge < -0.3 is 5.32 Å². The number of amides is 1. The van der Waals surface area contributed by atoms with Crippen LogP contribution in [-0.4, -0.2) is 20.9 Å². The van der Waals surface area contributed by atoms with Gasteiger partial charge in [0.05, 0.1) is 4.90 Å². The van der Waals surface area contributed by atoms with Crippen LogP contribution in [0.15, 0.2) is 53.4 Å². The molecule has 2 N–H and O–H groups in total. The summed E-state index contributed by atoms with van der Waals surface area (Å²) in [4.78, 5) is 11.8. The molecule has 6 heteroatoms. The van der Waals surface area contributed by atoms with Crippen LogP contribution >= 0.6 is 0 Å². The molecule has 0 saturated heterocycles. The summed E-state index contributed by atoms with van der Waals surface area (Å²) in [6.07, 6.45) is 0. The van der Waals surface area contributed by atoms with Crippen molar-refractivity contribution in [1.82, 2.24) is 5.32 Å². The molecule has 0 radical (unpaired) electrons. The van der Waals surface area contributed by atoms with Crippen LogP contribution in [-0.2, 0) is 10.0 Å². The molecule has 0 aliphatic rings. The largest absolute Gasteiger partial charge is 0.352 e. The molecule has 0 unspecified atom stereocenters. The van der Waals surface area contributed by atoms with Crippen LogP contribution in [0.25, 0.3) is 0 Å². The smallest absolute Gasteiger partial charge is 0.261 e. The number of benzene rings is 2. The quantitative estimate of drug-likeness (QED) is 0.889. The van der Waals surface area contributed by atoms with Gasteiger partial charge in [-0.3, -0.25) is 9.52 Å². The number of nitrogens with one attached hydrogen (secondary N) is 2. The number of hydrogen-bond donors (Lipinski definition) is 2. The van der Waals surface area contributed by atoms with Crippen LogP contribution in [0.1, 0.15) is 22.8 Å². The highest BCUT2D eigenvalue weighted by Gasteiger charge is 2.14. The lowest BCUT2D eigenvalue weighted by Crippen LogP contribution is -2.22. The lowest BCUT2D eigenvalue weighted by atomic mass is 10.2. The van der Waals surface area contributed by atoms with E-state index < -0.39 is 10.0 Å². The van der Waals surface area contributed by atoms with E-state index in [-0.39, 0.29) is 10.8 Å². The lowest BCUT2D eigenvalue weighted by Gasteiger charge is -2.09. The van der Waals surface area contributed by atoms with Gasteiger partial charge in [0.25, 0.3) is 15.9 Å². The maximum absolute atomic E-state index is 12.2. The third kappa shape index (κ3) is 3.85. The van der Waals surface area contributed by atoms with Crippen molar-refractivity contribution in [1.29, 1.82) is 0 Å². The summed E-state index contributed by atoms with van der Waals surface area (Å²) in [6.45, 7) is 4.27. The Bertz CT molecular complexity index is 751. The van der Waals surface area contributed by atoms with Gasteiger partial charge in [0.2, 0.25) is 0 Å². The van der Waals surface area contributed by atoms with Crippen molar-refractivity contribution in [3.8, 4) is 0 Å². The number of rotatable bonds is 5. The molecule has 116 valence electrons. The van der Waals surface area contributed by atoms with Gasteiger partial charge in [0, 0.05) is 17.8 Å². The predicted octanol–water partition coefficient (Wildman–Crippen LogP) is 2.55. The maximum atomic E-state index is 12.2. The summed E-state index contributed by atoms with van der Waals surface area (Å²) < 4.78 is 27.0. The average molecular weight is 318 g/mol. The molecule has 2 aromatic rings. The molecule has 0 aromatic heterocycles. The second-order valence-electron chi connectivity index (χ2n) is 4.86. The first-order valence-electron chi connectivity index (χ1n) is 6.90. The summed E-state index contributed by atoms with van der Waals surface area (Å²) in [5.41, 5.74) is 1.89. The van der Waals surface area contributed by atoms with Gasteiger partial charge in [0.1, 0.15) is 0 Å². The monoisotopic (exact) mass is 318 g/mol. The van der Waals surface area contributed by atoms with Gasteiger partial charge in [-0.15, -0.1) is 0 Å². The number of anilines is 1. The van der Waals surface area contributed by atoms with E-state index in [1.54, 1.807) is 48.5 Å². The molecule has 0 heterocycles. The molecule has 0 saturated carbocycles. The zero-order valence-electron chi connectivity index (χ0n) is 12.5. The van der Waals surface area contributed by atoms with E-state index in [0.29, 0.717) is 17.8 Å². The molecule has 2 aromatic carbocycles. The summed E-state index contributed by atoms with van der Waals surface area (Å²) in [5.74, 6) is -0.185. The number of carbonyl (C=O) groups is 1. The first-order valence-corrected chi connectivity index (χ1v) is 8.38. The molecule has 0 spiro atoms. The second-order valence-corrected chi connectivity index (χ2v) is 6.54. The fourth-order valence-corrected chi connectivity index (χ4v) is 2.94. The average Bonchev–Trinajstić information content (AvgIpc) is 2.48. The fourth-order valence-electron chi connectivity index (χ4n) is 1.88. The third-order valence-corrected chi connectivity index (χ3v) is 4.47. The van der Waals surface area contributed by atoms with Gasteiger partial charge in [0.15, 0.2) is 0 Å². The van der Waals surface area contributed by atoms with Crippen molar-refractivity contribution in [2.24, 2.45) is 0 Å². The highest BCUT2D eigenvalue weighted by molar-refractivity contribution is 7.92. The van der Waals surface area contributed by atoms with Crippen LogP contribution in [0.3, 0.4) is 0 Å². The Kier molecular flexibility index (Phi) is 4.82. The minimum atomic E-state index is -3.62. The lowest BCUT2D eigenvalue weighted by molar-refractivity contribution is 0.0956. The highest BCUT2D eigenvalue weighted by atomic mass is 32.2. The zero-order valence-corrected chi connectivity index (χ0v) is 13.3. The molecule has 5 nitrogen and oxygen atoms in total. The predicted molar refractivity (Wildman–Crippen MR) is 86.4 cm³/mol. The minimum Gasteiger partial charge on any atom is -0.352 e. The van der Waals surface area contributed by atoms with Gasteiger partial charge in [-0.1, -0.05) is 17.7 Å². The highest BCUT2D eigenvalue weighted by Crippen LogP contribution is 2.17. The first-order chi connectivity index (χ1) is 10.4. The topological polar surface area (TPSA) is 75.3 Å². The number of carbonyl (C=O) groups excluding carboxylic acids is 1. The summed E-state index contributed by atoms with van der Waals surface area (Å²) in [5, 5.41) is 2.68. The van der Waals surface area contributed by atoms with Crippen molar-refractivity contribution >= 4 is 21.6 Å². The van der Waals surface area contributed by atoms with Crippen LogP contribution in [0.2, 0.25) is 0 Å². The van der Waals surface area contributed by atoms with Crippen molar-refractivity contribution < 1.29 is 13.2 Å². The Morgan fingerprint density at radius 3 is 2.14 bits per heavy atom. The zero-order chi connectivity index (χ0) is 16.2. The molecular formula is C16H18N2O3S. The Hall–Kier alpha value is -2.34. The SMILES string of the molecule is CCNC(=O)c1ccc(NS(=O)(=O)c2ccc(C)cc2)cc1. The molecule has 0 bridgehead atoms. The Balaban J connectivity index is 2.16. The molecule has 22 heavy (non-hydrogen) atoms. The summed E-state index contributed by atoms with van der Waals surface area (Å²) in [6, 6.07) is 12.9. The number of aryl methyl sites for hydroxylation is 1. The van der Waals surface area contributed by atoms with Gasteiger partial charge in [-0.25, -0.2) is 8.42 Å². The van der Waals surface area contributed by atoms with E-state index in [1.165, 1.54) is 0 Å². The normalized spacial score (nSPS) is 11.0. The molecule has 1 amide bonds. The molecule has 0 atom stereocenters.